The predicted octanol–water partition coefficient (Wildman–Crippen LogP) is 4.38. The lowest BCUT2D eigenvalue weighted by Gasteiger charge is -2.10. The van der Waals surface area contributed by atoms with Gasteiger partial charge in [-0.2, -0.15) is 0 Å². The molecule has 17 heavy (non-hydrogen) atoms. The van der Waals surface area contributed by atoms with E-state index in [9.17, 15) is 0 Å². The van der Waals surface area contributed by atoms with Crippen molar-refractivity contribution < 1.29 is 0 Å². The highest BCUT2D eigenvalue weighted by Gasteiger charge is 2.05. The Labute approximate surface area is 111 Å². The van der Waals surface area contributed by atoms with Crippen molar-refractivity contribution in [1.82, 2.24) is 5.32 Å². The Kier molecular flexibility index (Phi) is 4.06. The van der Waals surface area contributed by atoms with Gasteiger partial charge in [0.2, 0.25) is 0 Å². The molecule has 1 nitrogen and oxygen atoms in total. The predicted molar refractivity (Wildman–Crippen MR) is 74.7 cm³/mol. The number of halogens is 2. The summed E-state index contributed by atoms with van der Waals surface area (Å²) < 4.78 is 0. The summed E-state index contributed by atoms with van der Waals surface area (Å²) in [5.41, 5.74) is 3.51. The van der Waals surface area contributed by atoms with Crippen molar-refractivity contribution in [3.8, 4) is 11.1 Å². The van der Waals surface area contributed by atoms with Gasteiger partial charge in [-0.1, -0.05) is 53.5 Å². The fourth-order valence-electron chi connectivity index (χ4n) is 1.81. The summed E-state index contributed by atoms with van der Waals surface area (Å²) in [5, 5.41) is 4.33. The Balaban J connectivity index is 2.48. The van der Waals surface area contributed by atoms with E-state index in [1.165, 1.54) is 11.1 Å². The van der Waals surface area contributed by atoms with E-state index in [4.69, 9.17) is 23.2 Å². The van der Waals surface area contributed by atoms with Gasteiger partial charge in [0.15, 0.2) is 0 Å². The molecule has 2 aromatic rings. The van der Waals surface area contributed by atoms with Gasteiger partial charge in [-0.05, 0) is 35.9 Å². The van der Waals surface area contributed by atoms with Gasteiger partial charge >= 0.3 is 0 Å². The van der Waals surface area contributed by atoms with Crippen LogP contribution in [0.25, 0.3) is 11.1 Å². The Morgan fingerprint density at radius 3 is 2.47 bits per heavy atom. The molecule has 0 aliphatic heterocycles. The molecule has 0 saturated carbocycles. The van der Waals surface area contributed by atoms with Crippen molar-refractivity contribution in [1.29, 1.82) is 0 Å². The lowest BCUT2D eigenvalue weighted by Crippen LogP contribution is -2.06. The Hall–Kier alpha value is -1.02. The fraction of sp³-hybridized carbons (Fsp3) is 0.143. The maximum Gasteiger partial charge on any atom is 0.0598 e. The van der Waals surface area contributed by atoms with Crippen LogP contribution in [0.1, 0.15) is 5.56 Å². The average molecular weight is 266 g/mol. The molecule has 0 radical (unpaired) electrons. The molecule has 2 rings (SSSR count). The Bertz CT molecular complexity index is 523. The van der Waals surface area contributed by atoms with Crippen LogP contribution in [0.3, 0.4) is 0 Å². The molecule has 0 fully saturated rings. The second-order valence-electron chi connectivity index (χ2n) is 3.82. The van der Waals surface area contributed by atoms with Gasteiger partial charge in [0.25, 0.3) is 0 Å². The van der Waals surface area contributed by atoms with Crippen LogP contribution in [0.15, 0.2) is 42.5 Å². The summed E-state index contributed by atoms with van der Waals surface area (Å²) in [4.78, 5) is 0. The van der Waals surface area contributed by atoms with E-state index in [1.54, 1.807) is 0 Å². The molecule has 0 bridgehead atoms. The third kappa shape index (κ3) is 2.81. The topological polar surface area (TPSA) is 12.0 Å². The first-order chi connectivity index (χ1) is 8.22. The number of nitrogens with one attached hydrogen (secondary N) is 1. The average Bonchev–Trinajstić information content (AvgIpc) is 2.34. The second kappa shape index (κ2) is 5.54. The molecule has 0 spiro atoms. The molecular formula is C14H13Cl2N. The first-order valence-corrected chi connectivity index (χ1v) is 6.16. The zero-order valence-electron chi connectivity index (χ0n) is 9.50. The number of rotatable bonds is 3. The van der Waals surface area contributed by atoms with Gasteiger partial charge in [0.05, 0.1) is 10.0 Å². The molecule has 0 atom stereocenters. The van der Waals surface area contributed by atoms with Crippen molar-refractivity contribution in [2.75, 3.05) is 7.05 Å². The molecule has 88 valence electrons. The Morgan fingerprint density at radius 1 is 1.00 bits per heavy atom. The van der Waals surface area contributed by atoms with Gasteiger partial charge in [-0.3, -0.25) is 0 Å². The SMILES string of the molecule is CNCc1ccccc1-c1ccc(Cl)c(Cl)c1. The minimum atomic E-state index is 0.585. The van der Waals surface area contributed by atoms with Gasteiger partial charge in [0, 0.05) is 6.54 Å². The highest BCUT2D eigenvalue weighted by atomic mass is 35.5. The van der Waals surface area contributed by atoms with Gasteiger partial charge in [-0.15, -0.1) is 0 Å². The quantitative estimate of drug-likeness (QED) is 0.869. The number of benzene rings is 2. The van der Waals surface area contributed by atoms with Crippen LogP contribution in [0.5, 0.6) is 0 Å². The van der Waals surface area contributed by atoms with Gasteiger partial charge in [0.1, 0.15) is 0 Å². The lowest BCUT2D eigenvalue weighted by molar-refractivity contribution is 0.819. The molecule has 0 saturated heterocycles. The molecule has 0 aliphatic carbocycles. The first kappa shape index (κ1) is 12.4. The largest absolute Gasteiger partial charge is 0.316 e. The van der Waals surface area contributed by atoms with Crippen molar-refractivity contribution in [2.24, 2.45) is 0 Å². The monoisotopic (exact) mass is 265 g/mol. The first-order valence-electron chi connectivity index (χ1n) is 5.40. The maximum absolute atomic E-state index is 6.05. The second-order valence-corrected chi connectivity index (χ2v) is 4.63. The summed E-state index contributed by atoms with van der Waals surface area (Å²) in [6.45, 7) is 0.830. The van der Waals surface area contributed by atoms with E-state index < -0.39 is 0 Å². The minimum Gasteiger partial charge on any atom is -0.316 e. The molecule has 0 aromatic heterocycles. The van der Waals surface area contributed by atoms with E-state index >= 15 is 0 Å². The van der Waals surface area contributed by atoms with E-state index in [1.807, 2.05) is 37.4 Å². The van der Waals surface area contributed by atoms with E-state index in [0.29, 0.717) is 10.0 Å². The number of hydrogen-bond donors (Lipinski definition) is 1. The summed E-state index contributed by atoms with van der Waals surface area (Å²) in [7, 11) is 1.94. The van der Waals surface area contributed by atoms with Crippen LogP contribution in [0.2, 0.25) is 10.0 Å². The van der Waals surface area contributed by atoms with Crippen LogP contribution in [-0.2, 0) is 6.54 Å². The highest BCUT2D eigenvalue weighted by molar-refractivity contribution is 6.42. The minimum absolute atomic E-state index is 0.585. The molecule has 2 aromatic carbocycles. The normalized spacial score (nSPS) is 10.5. The standard InChI is InChI=1S/C14H13Cl2N/c1-17-9-11-4-2-3-5-12(11)10-6-7-13(15)14(16)8-10/h2-8,17H,9H2,1H3. The molecule has 3 heteroatoms. The van der Waals surface area contributed by atoms with E-state index in [0.717, 1.165) is 12.1 Å². The van der Waals surface area contributed by atoms with Crippen LogP contribution < -0.4 is 5.32 Å². The van der Waals surface area contributed by atoms with Crippen molar-refractivity contribution in [2.45, 2.75) is 6.54 Å². The number of hydrogen-bond acceptors (Lipinski definition) is 1. The summed E-state index contributed by atoms with van der Waals surface area (Å²) in [5.74, 6) is 0. The van der Waals surface area contributed by atoms with Crippen LogP contribution in [0, 0.1) is 0 Å². The summed E-state index contributed by atoms with van der Waals surface area (Å²) in [6.07, 6.45) is 0. The van der Waals surface area contributed by atoms with Gasteiger partial charge in [-0.25, -0.2) is 0 Å². The van der Waals surface area contributed by atoms with Crippen LogP contribution in [-0.4, -0.2) is 7.05 Å². The van der Waals surface area contributed by atoms with Crippen molar-refractivity contribution in [3.05, 3.63) is 58.1 Å². The molecular weight excluding hydrogens is 253 g/mol. The Morgan fingerprint density at radius 2 is 1.76 bits per heavy atom. The molecule has 0 heterocycles. The molecule has 1 N–H and O–H groups in total. The fourth-order valence-corrected chi connectivity index (χ4v) is 2.11. The van der Waals surface area contributed by atoms with E-state index in [-0.39, 0.29) is 0 Å². The third-order valence-corrected chi connectivity index (χ3v) is 3.35. The van der Waals surface area contributed by atoms with Crippen molar-refractivity contribution in [3.63, 3.8) is 0 Å². The molecule has 0 unspecified atom stereocenters. The van der Waals surface area contributed by atoms with E-state index in [2.05, 4.69) is 17.4 Å². The van der Waals surface area contributed by atoms with Crippen LogP contribution >= 0.6 is 23.2 Å². The van der Waals surface area contributed by atoms with Gasteiger partial charge < -0.3 is 5.32 Å². The van der Waals surface area contributed by atoms with Crippen molar-refractivity contribution >= 4 is 23.2 Å². The lowest BCUT2D eigenvalue weighted by atomic mass is 10.00. The molecule has 0 aliphatic rings. The smallest absolute Gasteiger partial charge is 0.0598 e. The summed E-state index contributed by atoms with van der Waals surface area (Å²) in [6, 6.07) is 14.0. The molecule has 0 amide bonds. The highest BCUT2D eigenvalue weighted by Crippen LogP contribution is 2.30. The zero-order valence-corrected chi connectivity index (χ0v) is 11.0. The zero-order chi connectivity index (χ0) is 12.3. The third-order valence-electron chi connectivity index (χ3n) is 2.62. The maximum atomic E-state index is 6.05. The summed E-state index contributed by atoms with van der Waals surface area (Å²) >= 11 is 12.0. The van der Waals surface area contributed by atoms with Crippen LogP contribution in [0.4, 0.5) is 0 Å².